The molecule has 4 aromatic rings. The molecule has 1 aliphatic heterocycles. The van der Waals surface area contributed by atoms with Crippen molar-refractivity contribution in [2.24, 2.45) is 11.8 Å². The van der Waals surface area contributed by atoms with Crippen LogP contribution in [-0.2, 0) is 35.9 Å². The maximum absolute atomic E-state index is 11.7. The molecular weight excluding hydrogens is 747 g/mol. The van der Waals surface area contributed by atoms with Gasteiger partial charge in [0.1, 0.15) is 11.4 Å². The molecule has 5 rings (SSSR count). The van der Waals surface area contributed by atoms with Gasteiger partial charge in [0.2, 0.25) is 0 Å². The molecule has 3 aromatic carbocycles. The van der Waals surface area contributed by atoms with Gasteiger partial charge in [0.15, 0.2) is 5.78 Å². The van der Waals surface area contributed by atoms with Gasteiger partial charge < -0.3 is 9.84 Å². The normalized spacial score (nSPS) is 13.7. The number of aliphatic hydroxyl groups is 1. The molecule has 247 valence electrons. The second-order valence-corrected chi connectivity index (χ2v) is 13.6. The summed E-state index contributed by atoms with van der Waals surface area (Å²) in [6.07, 6.45) is 6.79. The molecule has 1 aromatic heterocycles. The van der Waals surface area contributed by atoms with E-state index < -0.39 is 5.60 Å². The molecule has 2 heterocycles. The van der Waals surface area contributed by atoms with Crippen LogP contribution < -0.4 is 4.74 Å². The number of fused-ring (bicyclic) bond motifs is 4. The van der Waals surface area contributed by atoms with Gasteiger partial charge in [0.25, 0.3) is 0 Å². The van der Waals surface area contributed by atoms with Crippen LogP contribution in [0.25, 0.3) is 33.2 Å². The van der Waals surface area contributed by atoms with Crippen molar-refractivity contribution in [3.63, 3.8) is 0 Å². The van der Waals surface area contributed by atoms with Crippen molar-refractivity contribution in [3.05, 3.63) is 95.9 Å². The molecule has 0 aliphatic carbocycles. The van der Waals surface area contributed by atoms with Gasteiger partial charge in [-0.25, -0.2) is 0 Å². The number of carbonyl (C=O) groups is 1. The quantitative estimate of drug-likeness (QED) is 0.110. The number of aromatic nitrogens is 1. The Bertz CT molecular complexity index is 1670. The average Bonchev–Trinajstić information content (AvgIpc) is 3.01. The van der Waals surface area contributed by atoms with Crippen molar-refractivity contribution in [2.75, 3.05) is 0 Å². The molecule has 0 unspecified atom stereocenters. The number of pyridine rings is 1. The molecule has 0 atom stereocenters. The molecule has 1 N–H and O–H groups in total. The summed E-state index contributed by atoms with van der Waals surface area (Å²) in [6, 6.07) is 24.9. The summed E-state index contributed by atoms with van der Waals surface area (Å²) in [4.78, 5) is 16.5. The van der Waals surface area contributed by atoms with Gasteiger partial charge in [-0.05, 0) is 56.6 Å². The minimum absolute atomic E-state index is 0. The predicted octanol–water partition coefficient (Wildman–Crippen LogP) is 11.2. The van der Waals surface area contributed by atoms with Crippen LogP contribution in [0, 0.1) is 17.9 Å². The molecule has 0 saturated heterocycles. The zero-order valence-electron chi connectivity index (χ0n) is 29.0. The number of rotatable bonds is 8. The number of allylic oxidation sites excluding steroid dienone is 2. The van der Waals surface area contributed by atoms with Gasteiger partial charge in [0, 0.05) is 61.0 Å². The summed E-state index contributed by atoms with van der Waals surface area (Å²) >= 11 is 0. The molecule has 0 saturated carbocycles. The first-order chi connectivity index (χ1) is 21.4. The number of ketones is 1. The third kappa shape index (κ3) is 7.98. The number of hydrogen-bond donors (Lipinski definition) is 1. The van der Waals surface area contributed by atoms with E-state index in [1.165, 1.54) is 28.2 Å². The van der Waals surface area contributed by atoms with Crippen LogP contribution in [-0.4, -0.2) is 15.9 Å². The maximum Gasteiger partial charge on any atom is 0.162 e. The van der Waals surface area contributed by atoms with E-state index in [2.05, 4.69) is 101 Å². The van der Waals surface area contributed by atoms with Crippen molar-refractivity contribution in [3.8, 4) is 28.1 Å². The molecule has 0 amide bonds. The van der Waals surface area contributed by atoms with Crippen molar-refractivity contribution in [1.82, 2.24) is 4.98 Å². The Labute approximate surface area is 290 Å². The molecule has 0 bridgehead atoms. The minimum Gasteiger partial charge on any atom is -0.512 e. The molecular formula is C41H50IrNO3-. The molecule has 0 fully saturated rings. The van der Waals surface area contributed by atoms with Crippen LogP contribution >= 0.6 is 0 Å². The third-order valence-electron chi connectivity index (χ3n) is 9.05. The summed E-state index contributed by atoms with van der Waals surface area (Å²) in [7, 11) is 0. The van der Waals surface area contributed by atoms with Gasteiger partial charge in [-0.1, -0.05) is 102 Å². The zero-order chi connectivity index (χ0) is 32.9. The predicted molar refractivity (Wildman–Crippen MR) is 188 cm³/mol. The van der Waals surface area contributed by atoms with Crippen molar-refractivity contribution < 1.29 is 34.7 Å². The third-order valence-corrected chi connectivity index (χ3v) is 9.05. The molecule has 1 aliphatic rings. The first kappa shape index (κ1) is 37.2. The summed E-state index contributed by atoms with van der Waals surface area (Å²) < 4.78 is 6.59. The number of nitrogens with zero attached hydrogens (tertiary/aromatic N) is 1. The Morgan fingerprint density at radius 3 is 2.15 bits per heavy atom. The van der Waals surface area contributed by atoms with E-state index in [1.807, 2.05) is 33.9 Å². The molecule has 0 spiro atoms. The van der Waals surface area contributed by atoms with E-state index in [0.29, 0.717) is 0 Å². The second-order valence-electron chi connectivity index (χ2n) is 13.6. The fraction of sp³-hybridized carbons (Fsp3) is 0.415. The number of ether oxygens (including phenoxy) is 1. The summed E-state index contributed by atoms with van der Waals surface area (Å²) in [5.74, 6) is 1.39. The van der Waals surface area contributed by atoms with Crippen LogP contribution in [0.2, 0.25) is 0 Å². The smallest absolute Gasteiger partial charge is 0.162 e. The Morgan fingerprint density at radius 2 is 1.52 bits per heavy atom. The largest absolute Gasteiger partial charge is 0.512 e. The Balaban J connectivity index is 0.000000309. The Morgan fingerprint density at radius 1 is 0.913 bits per heavy atom. The summed E-state index contributed by atoms with van der Waals surface area (Å²) in [5, 5.41) is 12.1. The number of hydrogen-bond acceptors (Lipinski definition) is 4. The fourth-order valence-electron chi connectivity index (χ4n) is 6.27. The van der Waals surface area contributed by atoms with Gasteiger partial charge in [-0.2, -0.15) is 0 Å². The van der Waals surface area contributed by atoms with Crippen molar-refractivity contribution >= 4 is 16.6 Å². The Kier molecular flexibility index (Phi) is 12.6. The molecule has 1 radical (unpaired) electrons. The maximum atomic E-state index is 11.7. The molecule has 46 heavy (non-hydrogen) atoms. The van der Waals surface area contributed by atoms with Crippen LogP contribution in [0.4, 0.5) is 0 Å². The van der Waals surface area contributed by atoms with Gasteiger partial charge in [-0.3, -0.25) is 9.78 Å². The van der Waals surface area contributed by atoms with Crippen LogP contribution in [0.15, 0.2) is 78.7 Å². The van der Waals surface area contributed by atoms with E-state index in [1.54, 1.807) is 0 Å². The van der Waals surface area contributed by atoms with E-state index in [0.717, 1.165) is 53.6 Å². The van der Waals surface area contributed by atoms with E-state index >= 15 is 0 Å². The average molecular weight is 797 g/mol. The topological polar surface area (TPSA) is 59.4 Å². The monoisotopic (exact) mass is 797 g/mol. The number of carbonyl (C=O) groups excluding carboxylic acids is 1. The van der Waals surface area contributed by atoms with Crippen LogP contribution in [0.5, 0.6) is 5.75 Å². The number of benzene rings is 3. The summed E-state index contributed by atoms with van der Waals surface area (Å²) in [6.45, 7) is 19.1. The Hall–Kier alpha value is -3.27. The van der Waals surface area contributed by atoms with E-state index in [-0.39, 0.29) is 48.9 Å². The summed E-state index contributed by atoms with van der Waals surface area (Å²) in [5.41, 5.74) is 6.21. The van der Waals surface area contributed by atoms with E-state index in [9.17, 15) is 9.90 Å². The molecule has 5 heteroatoms. The van der Waals surface area contributed by atoms with Gasteiger partial charge in [0.05, 0.1) is 5.76 Å². The van der Waals surface area contributed by atoms with Crippen LogP contribution in [0.1, 0.15) is 99.1 Å². The van der Waals surface area contributed by atoms with E-state index in [4.69, 9.17) is 9.72 Å². The standard InChI is InChI=1S/C28H26NO.C13H24O2.Ir/c1-27(2,3)24-17-19(16-18-10-6-7-11-20(18)24)25-26-22(14-15-29-25)21-12-8-9-13-23(21)28(4,5)30-26;1-5-10(6-2)12(14)9-13(15)11(7-3)8-4;/h6-15,17H,1-5H3;9-11,14H,5-8H2,1-4H3;/q-1;;/b;12-9-;. The molecule has 4 nitrogen and oxygen atoms in total. The fourth-order valence-corrected chi connectivity index (χ4v) is 6.27. The van der Waals surface area contributed by atoms with Crippen molar-refractivity contribution in [2.45, 2.75) is 99.0 Å². The first-order valence-corrected chi connectivity index (χ1v) is 16.5. The number of aliphatic hydroxyl groups excluding tert-OH is 1. The van der Waals surface area contributed by atoms with Crippen LogP contribution in [0.3, 0.4) is 0 Å². The van der Waals surface area contributed by atoms with Gasteiger partial charge in [-0.15, -0.1) is 29.1 Å². The SMILES string of the molecule is CC(C)(C)c1cc(-c2nccc3c2OC(C)(C)c2ccccc2-3)[c-]c2ccccc12.CCC(CC)C(=O)/C=C(\O)C(CC)CC.[Ir]. The first-order valence-electron chi connectivity index (χ1n) is 16.5. The second kappa shape index (κ2) is 15.5. The van der Waals surface area contributed by atoms with Crippen molar-refractivity contribution in [1.29, 1.82) is 0 Å². The minimum atomic E-state index is -0.426. The zero-order valence-corrected chi connectivity index (χ0v) is 31.4. The van der Waals surface area contributed by atoms with Gasteiger partial charge >= 0.3 is 0 Å².